The highest BCUT2D eigenvalue weighted by Crippen LogP contribution is 2.35. The van der Waals surface area contributed by atoms with Gasteiger partial charge in [0.15, 0.2) is 0 Å². The number of nitrogens with two attached hydrogens (primary N) is 1. The van der Waals surface area contributed by atoms with E-state index in [9.17, 15) is 0 Å². The molecule has 2 N–H and O–H groups in total. The Kier molecular flexibility index (Phi) is 4.00. The van der Waals surface area contributed by atoms with Gasteiger partial charge in [-0.2, -0.15) is 0 Å². The topological polar surface area (TPSA) is 26.0 Å². The largest absolute Gasteiger partial charge is 0.328 e. The van der Waals surface area contributed by atoms with Gasteiger partial charge in [-0.3, -0.25) is 0 Å². The molecule has 0 radical (unpaired) electrons. The molecule has 0 bridgehead atoms. The minimum Gasteiger partial charge on any atom is -0.328 e. The van der Waals surface area contributed by atoms with Gasteiger partial charge in [0.1, 0.15) is 0 Å². The smallest absolute Gasteiger partial charge is 0.00440 e. The maximum atomic E-state index is 6.13. The second-order valence-corrected chi connectivity index (χ2v) is 6.54. The van der Waals surface area contributed by atoms with Crippen molar-refractivity contribution in [2.45, 2.75) is 65.8 Å². The van der Waals surface area contributed by atoms with E-state index in [0.717, 1.165) is 11.8 Å². The van der Waals surface area contributed by atoms with Crippen molar-refractivity contribution in [1.29, 1.82) is 0 Å². The number of hydrogen-bond donors (Lipinski definition) is 1. The molecular formula is C13H27N. The Morgan fingerprint density at radius 2 is 1.86 bits per heavy atom. The van der Waals surface area contributed by atoms with Gasteiger partial charge in [-0.05, 0) is 36.5 Å². The summed E-state index contributed by atoms with van der Waals surface area (Å²) in [5, 5.41) is 0. The first-order valence-electron chi connectivity index (χ1n) is 6.12. The Bertz CT molecular complexity index is 165. The van der Waals surface area contributed by atoms with Crippen LogP contribution < -0.4 is 5.73 Å². The Morgan fingerprint density at radius 3 is 2.29 bits per heavy atom. The molecule has 1 nitrogen and oxygen atoms in total. The summed E-state index contributed by atoms with van der Waals surface area (Å²) in [6.07, 6.45) is 6.65. The molecular weight excluding hydrogens is 170 g/mol. The van der Waals surface area contributed by atoms with Crippen molar-refractivity contribution in [3.05, 3.63) is 0 Å². The fourth-order valence-corrected chi connectivity index (χ4v) is 2.52. The summed E-state index contributed by atoms with van der Waals surface area (Å²) in [6, 6.07) is 0.458. The van der Waals surface area contributed by atoms with Crippen LogP contribution in [0.3, 0.4) is 0 Å². The van der Waals surface area contributed by atoms with Crippen molar-refractivity contribution in [2.24, 2.45) is 23.0 Å². The predicted molar refractivity (Wildman–Crippen MR) is 63.2 cm³/mol. The summed E-state index contributed by atoms with van der Waals surface area (Å²) in [5.74, 6) is 1.76. The highest BCUT2D eigenvalue weighted by molar-refractivity contribution is 4.80. The van der Waals surface area contributed by atoms with Crippen LogP contribution in [-0.2, 0) is 0 Å². The van der Waals surface area contributed by atoms with Gasteiger partial charge in [0.05, 0.1) is 0 Å². The third kappa shape index (κ3) is 5.64. The summed E-state index contributed by atoms with van der Waals surface area (Å²) in [7, 11) is 0. The van der Waals surface area contributed by atoms with Crippen molar-refractivity contribution in [2.75, 3.05) is 0 Å². The summed E-state index contributed by atoms with van der Waals surface area (Å²) in [5.41, 5.74) is 6.59. The van der Waals surface area contributed by atoms with Crippen LogP contribution in [0.2, 0.25) is 0 Å². The third-order valence-electron chi connectivity index (χ3n) is 3.00. The van der Waals surface area contributed by atoms with Gasteiger partial charge in [-0.25, -0.2) is 0 Å². The zero-order valence-corrected chi connectivity index (χ0v) is 10.3. The van der Waals surface area contributed by atoms with E-state index in [1.165, 1.54) is 32.1 Å². The maximum absolute atomic E-state index is 6.13. The van der Waals surface area contributed by atoms with Crippen LogP contribution in [0.25, 0.3) is 0 Å². The minimum absolute atomic E-state index is 0.457. The van der Waals surface area contributed by atoms with Gasteiger partial charge in [-0.15, -0.1) is 0 Å². The molecule has 0 amide bonds. The molecule has 1 aliphatic rings. The van der Waals surface area contributed by atoms with Crippen molar-refractivity contribution in [3.8, 4) is 0 Å². The highest BCUT2D eigenvalue weighted by atomic mass is 14.6. The predicted octanol–water partition coefficient (Wildman–Crippen LogP) is 3.58. The Labute approximate surface area is 89.5 Å². The van der Waals surface area contributed by atoms with Gasteiger partial charge < -0.3 is 5.73 Å². The number of hydrogen-bond acceptors (Lipinski definition) is 1. The Morgan fingerprint density at radius 1 is 1.29 bits per heavy atom. The van der Waals surface area contributed by atoms with E-state index in [1.807, 2.05) is 0 Å². The van der Waals surface area contributed by atoms with Crippen LogP contribution in [-0.4, -0.2) is 6.04 Å². The summed E-state index contributed by atoms with van der Waals surface area (Å²) in [4.78, 5) is 0. The first-order valence-corrected chi connectivity index (χ1v) is 6.12. The molecule has 0 aromatic heterocycles. The zero-order valence-electron chi connectivity index (χ0n) is 10.3. The number of rotatable bonds is 5. The molecule has 1 fully saturated rings. The molecule has 2 unspecified atom stereocenters. The van der Waals surface area contributed by atoms with Crippen molar-refractivity contribution in [3.63, 3.8) is 0 Å². The van der Waals surface area contributed by atoms with E-state index in [-0.39, 0.29) is 0 Å². The van der Waals surface area contributed by atoms with Gasteiger partial charge in [0.2, 0.25) is 0 Å². The van der Waals surface area contributed by atoms with E-state index >= 15 is 0 Å². The summed E-state index contributed by atoms with van der Waals surface area (Å²) in [6.45, 7) is 9.29. The van der Waals surface area contributed by atoms with Crippen molar-refractivity contribution < 1.29 is 0 Å². The lowest BCUT2D eigenvalue weighted by atomic mass is 9.82. The SMILES string of the molecule is CC(CC(N)CC1CC1)CC(C)(C)C. The van der Waals surface area contributed by atoms with Gasteiger partial charge >= 0.3 is 0 Å². The molecule has 0 aromatic carbocycles. The van der Waals surface area contributed by atoms with Crippen LogP contribution in [0, 0.1) is 17.3 Å². The van der Waals surface area contributed by atoms with Crippen molar-refractivity contribution in [1.82, 2.24) is 0 Å². The molecule has 0 aliphatic heterocycles. The van der Waals surface area contributed by atoms with E-state index in [2.05, 4.69) is 27.7 Å². The van der Waals surface area contributed by atoms with E-state index in [1.54, 1.807) is 0 Å². The fourth-order valence-electron chi connectivity index (χ4n) is 2.52. The highest BCUT2D eigenvalue weighted by Gasteiger charge is 2.25. The molecule has 1 aliphatic carbocycles. The molecule has 0 saturated heterocycles. The quantitative estimate of drug-likeness (QED) is 0.716. The average Bonchev–Trinajstić information content (AvgIpc) is 2.64. The first kappa shape index (κ1) is 12.0. The lowest BCUT2D eigenvalue weighted by Crippen LogP contribution is -2.25. The fraction of sp³-hybridized carbons (Fsp3) is 1.00. The van der Waals surface area contributed by atoms with E-state index < -0.39 is 0 Å². The Balaban J connectivity index is 2.14. The molecule has 0 spiro atoms. The van der Waals surface area contributed by atoms with Crippen LogP contribution in [0.4, 0.5) is 0 Å². The second kappa shape index (κ2) is 4.65. The van der Waals surface area contributed by atoms with Crippen LogP contribution in [0.15, 0.2) is 0 Å². The summed E-state index contributed by atoms with van der Waals surface area (Å²) >= 11 is 0. The molecule has 1 saturated carbocycles. The lowest BCUT2D eigenvalue weighted by molar-refractivity contribution is 0.281. The average molecular weight is 197 g/mol. The van der Waals surface area contributed by atoms with Crippen LogP contribution in [0.1, 0.15) is 59.8 Å². The van der Waals surface area contributed by atoms with Crippen LogP contribution in [0.5, 0.6) is 0 Å². The molecule has 84 valence electrons. The maximum Gasteiger partial charge on any atom is 0.00440 e. The minimum atomic E-state index is 0.457. The Hall–Kier alpha value is -0.0400. The van der Waals surface area contributed by atoms with E-state index in [0.29, 0.717) is 11.5 Å². The molecule has 0 heterocycles. The molecule has 1 rings (SSSR count). The first-order chi connectivity index (χ1) is 6.37. The van der Waals surface area contributed by atoms with Crippen LogP contribution >= 0.6 is 0 Å². The van der Waals surface area contributed by atoms with Gasteiger partial charge in [-0.1, -0.05) is 40.5 Å². The zero-order chi connectivity index (χ0) is 10.8. The lowest BCUT2D eigenvalue weighted by Gasteiger charge is -2.25. The summed E-state index contributed by atoms with van der Waals surface area (Å²) < 4.78 is 0. The molecule has 2 atom stereocenters. The molecule has 1 heteroatoms. The third-order valence-corrected chi connectivity index (χ3v) is 3.00. The second-order valence-electron chi connectivity index (χ2n) is 6.54. The van der Waals surface area contributed by atoms with Gasteiger partial charge in [0, 0.05) is 6.04 Å². The normalized spacial score (nSPS) is 22.1. The standard InChI is InChI=1S/C13H27N/c1-10(9-13(2,3)4)7-12(14)8-11-5-6-11/h10-12H,5-9,14H2,1-4H3. The van der Waals surface area contributed by atoms with Gasteiger partial charge in [0.25, 0.3) is 0 Å². The molecule has 0 aromatic rings. The molecule has 14 heavy (non-hydrogen) atoms. The monoisotopic (exact) mass is 197 g/mol. The van der Waals surface area contributed by atoms with E-state index in [4.69, 9.17) is 5.73 Å². The van der Waals surface area contributed by atoms with Crippen molar-refractivity contribution >= 4 is 0 Å².